The minimum atomic E-state index is -1.27. The highest BCUT2D eigenvalue weighted by atomic mass is 35.5. The van der Waals surface area contributed by atoms with Gasteiger partial charge in [0.25, 0.3) is 5.91 Å². The van der Waals surface area contributed by atoms with Crippen LogP contribution in [0.4, 0.5) is 0 Å². The van der Waals surface area contributed by atoms with Gasteiger partial charge in [-0.25, -0.2) is 0 Å². The number of primary amides is 1. The molecule has 190 valence electrons. The molecule has 1 saturated carbocycles. The summed E-state index contributed by atoms with van der Waals surface area (Å²) in [4.78, 5) is 37.3. The van der Waals surface area contributed by atoms with Crippen molar-refractivity contribution >= 4 is 50.9 Å². The molecule has 4 N–H and O–H groups in total. The molecule has 1 aromatic heterocycles. The van der Waals surface area contributed by atoms with Gasteiger partial charge in [-0.15, -0.1) is 0 Å². The van der Waals surface area contributed by atoms with Gasteiger partial charge in [-0.05, 0) is 65.4 Å². The first-order valence-corrected chi connectivity index (χ1v) is 12.3. The van der Waals surface area contributed by atoms with Gasteiger partial charge in [0.05, 0.1) is 12.1 Å². The van der Waals surface area contributed by atoms with Crippen LogP contribution in [0.25, 0.3) is 21.7 Å². The Balaban J connectivity index is 1.46. The Morgan fingerprint density at radius 3 is 2.59 bits per heavy atom. The molecule has 0 saturated heterocycles. The number of ether oxygens (including phenoxy) is 1. The highest BCUT2D eigenvalue weighted by Gasteiger charge is 2.26. The Labute approximate surface area is 217 Å². The van der Waals surface area contributed by atoms with Crippen molar-refractivity contribution in [2.75, 3.05) is 13.7 Å². The van der Waals surface area contributed by atoms with E-state index < -0.39 is 17.9 Å². The number of Topliss-reactive ketones (excluding diaryl/α,β-unsaturated/α-hetero) is 1. The SMILES string of the molecule is CNC(=O)C(O)Cn1cc(C(=O)COc2cc3ccc(Cl)cc3cc2C(N)=O)c2ccc(C3CC3)cc21. The molecule has 1 heterocycles. The number of ketones is 1. The number of carbonyl (C=O) groups excluding carboxylic acids is 3. The van der Waals surface area contributed by atoms with Crippen molar-refractivity contribution in [1.82, 2.24) is 9.88 Å². The molecule has 3 aromatic carbocycles. The van der Waals surface area contributed by atoms with Crippen molar-refractivity contribution in [3.05, 3.63) is 76.4 Å². The minimum Gasteiger partial charge on any atom is -0.485 e. The summed E-state index contributed by atoms with van der Waals surface area (Å²) in [6.45, 7) is -0.335. The monoisotopic (exact) mass is 519 g/mol. The van der Waals surface area contributed by atoms with E-state index >= 15 is 0 Å². The highest BCUT2D eigenvalue weighted by molar-refractivity contribution is 6.31. The molecule has 37 heavy (non-hydrogen) atoms. The Morgan fingerprint density at radius 2 is 1.89 bits per heavy atom. The molecular weight excluding hydrogens is 494 g/mol. The van der Waals surface area contributed by atoms with Crippen molar-refractivity contribution in [2.45, 2.75) is 31.4 Å². The normalized spacial score (nSPS) is 14.0. The summed E-state index contributed by atoms with van der Waals surface area (Å²) in [7, 11) is 1.46. The molecule has 1 fully saturated rings. The summed E-state index contributed by atoms with van der Waals surface area (Å²) in [5.74, 6) is -0.812. The predicted molar refractivity (Wildman–Crippen MR) is 141 cm³/mol. The Hall–Kier alpha value is -3.88. The molecule has 4 aromatic rings. The molecule has 0 aliphatic heterocycles. The smallest absolute Gasteiger partial charge is 0.252 e. The van der Waals surface area contributed by atoms with E-state index in [0.29, 0.717) is 21.9 Å². The summed E-state index contributed by atoms with van der Waals surface area (Å²) < 4.78 is 7.54. The Morgan fingerprint density at radius 1 is 1.11 bits per heavy atom. The minimum absolute atomic E-state index is 0.00249. The molecule has 1 unspecified atom stereocenters. The Bertz CT molecular complexity index is 1560. The summed E-state index contributed by atoms with van der Waals surface area (Å²) in [6, 6.07) is 14.4. The third-order valence-electron chi connectivity index (χ3n) is 6.70. The second-order valence-electron chi connectivity index (χ2n) is 9.29. The number of likely N-dealkylation sites (N-methyl/N-ethyl adjacent to an activating group) is 1. The zero-order chi connectivity index (χ0) is 26.3. The van der Waals surface area contributed by atoms with Crippen LogP contribution in [0.1, 0.15) is 45.0 Å². The van der Waals surface area contributed by atoms with Gasteiger partial charge in [0.1, 0.15) is 5.75 Å². The zero-order valence-electron chi connectivity index (χ0n) is 20.2. The van der Waals surface area contributed by atoms with E-state index in [1.54, 1.807) is 41.1 Å². The van der Waals surface area contributed by atoms with E-state index in [1.807, 2.05) is 18.2 Å². The van der Waals surface area contributed by atoms with Crippen LogP contribution in [0, 0.1) is 0 Å². The standard InChI is InChI=1S/C28H26ClN3O5/c1-31-28(36)24(33)13-32-12-22(20-7-5-16(10-23(20)32)15-2-3-15)25(34)14-37-26-11-17-4-6-19(29)8-18(17)9-21(26)27(30)35/h4-12,15,24,33H,2-3,13-14H2,1H3,(H2,30,35)(H,31,36). The average molecular weight is 520 g/mol. The molecular formula is C28H26ClN3O5. The lowest BCUT2D eigenvalue weighted by molar-refractivity contribution is -0.129. The van der Waals surface area contributed by atoms with Gasteiger partial charge in [0.15, 0.2) is 12.7 Å². The van der Waals surface area contributed by atoms with Crippen LogP contribution in [0.15, 0.2) is 54.7 Å². The van der Waals surface area contributed by atoms with E-state index in [-0.39, 0.29) is 30.2 Å². The number of halogens is 1. The number of hydrogen-bond acceptors (Lipinski definition) is 5. The van der Waals surface area contributed by atoms with Crippen molar-refractivity contribution in [1.29, 1.82) is 0 Å². The van der Waals surface area contributed by atoms with Crippen LogP contribution in [0.2, 0.25) is 5.02 Å². The van der Waals surface area contributed by atoms with Crippen molar-refractivity contribution < 1.29 is 24.2 Å². The quantitative estimate of drug-likeness (QED) is 0.290. The highest BCUT2D eigenvalue weighted by Crippen LogP contribution is 2.41. The molecule has 1 atom stereocenters. The first-order valence-electron chi connectivity index (χ1n) is 12.0. The van der Waals surface area contributed by atoms with E-state index in [9.17, 15) is 19.5 Å². The number of amides is 2. The lowest BCUT2D eigenvalue weighted by atomic mass is 10.0. The third kappa shape index (κ3) is 5.03. The van der Waals surface area contributed by atoms with E-state index in [2.05, 4.69) is 5.32 Å². The first kappa shape index (κ1) is 24.8. The number of hydrogen-bond donors (Lipinski definition) is 3. The molecule has 2 amide bonds. The van der Waals surface area contributed by atoms with Crippen LogP contribution < -0.4 is 15.8 Å². The maximum absolute atomic E-state index is 13.3. The fraction of sp³-hybridized carbons (Fsp3) is 0.250. The number of nitrogens with two attached hydrogens (primary N) is 1. The van der Waals surface area contributed by atoms with E-state index in [1.165, 1.54) is 12.6 Å². The molecule has 9 heteroatoms. The number of aliphatic hydroxyl groups is 1. The number of carbonyl (C=O) groups is 3. The van der Waals surface area contributed by atoms with Gasteiger partial charge in [0.2, 0.25) is 11.7 Å². The number of nitrogens with zero attached hydrogens (tertiary/aromatic N) is 1. The second-order valence-corrected chi connectivity index (χ2v) is 9.73. The van der Waals surface area contributed by atoms with E-state index in [4.69, 9.17) is 22.1 Å². The van der Waals surface area contributed by atoms with Crippen molar-refractivity contribution in [3.8, 4) is 5.75 Å². The number of rotatable bonds is 9. The van der Waals surface area contributed by atoms with Gasteiger partial charge in [-0.3, -0.25) is 14.4 Å². The number of nitrogens with one attached hydrogen (secondary N) is 1. The van der Waals surface area contributed by atoms with Crippen molar-refractivity contribution in [3.63, 3.8) is 0 Å². The van der Waals surface area contributed by atoms with Crippen LogP contribution in [-0.2, 0) is 11.3 Å². The lowest BCUT2D eigenvalue weighted by Crippen LogP contribution is -2.34. The molecule has 1 aliphatic carbocycles. The maximum Gasteiger partial charge on any atom is 0.252 e. The first-order chi connectivity index (χ1) is 17.7. The summed E-state index contributed by atoms with van der Waals surface area (Å²) >= 11 is 6.07. The van der Waals surface area contributed by atoms with Crippen LogP contribution in [0.5, 0.6) is 5.75 Å². The Kier molecular flexibility index (Phi) is 6.62. The van der Waals surface area contributed by atoms with E-state index in [0.717, 1.165) is 29.1 Å². The number of benzene rings is 3. The molecule has 0 radical (unpaired) electrons. The third-order valence-corrected chi connectivity index (χ3v) is 6.93. The van der Waals surface area contributed by atoms with Gasteiger partial charge in [0, 0.05) is 34.7 Å². The predicted octanol–water partition coefficient (Wildman–Crippen LogP) is 3.79. The molecule has 8 nitrogen and oxygen atoms in total. The van der Waals surface area contributed by atoms with Crippen molar-refractivity contribution in [2.24, 2.45) is 5.73 Å². The van der Waals surface area contributed by atoms with Crippen LogP contribution in [0.3, 0.4) is 0 Å². The summed E-state index contributed by atoms with van der Waals surface area (Å²) in [5.41, 5.74) is 8.04. The largest absolute Gasteiger partial charge is 0.485 e. The van der Waals surface area contributed by atoms with Gasteiger partial charge in [-0.2, -0.15) is 0 Å². The molecule has 1 aliphatic rings. The summed E-state index contributed by atoms with van der Waals surface area (Å²) in [5, 5.41) is 15.5. The number of aromatic nitrogens is 1. The van der Waals surface area contributed by atoms with Crippen LogP contribution >= 0.6 is 11.6 Å². The van der Waals surface area contributed by atoms with Gasteiger partial charge in [-0.1, -0.05) is 29.8 Å². The topological polar surface area (TPSA) is 124 Å². The second kappa shape index (κ2) is 9.88. The lowest BCUT2D eigenvalue weighted by Gasteiger charge is -2.11. The fourth-order valence-electron chi connectivity index (χ4n) is 4.57. The van der Waals surface area contributed by atoms with Crippen LogP contribution in [-0.4, -0.2) is 47.0 Å². The maximum atomic E-state index is 13.3. The zero-order valence-corrected chi connectivity index (χ0v) is 20.9. The van der Waals surface area contributed by atoms with Gasteiger partial charge < -0.3 is 25.5 Å². The molecule has 0 spiro atoms. The number of aliphatic hydroxyl groups excluding tert-OH is 1. The van der Waals surface area contributed by atoms with Gasteiger partial charge >= 0.3 is 0 Å². The average Bonchev–Trinajstić information content (AvgIpc) is 3.68. The molecule has 0 bridgehead atoms. The molecule has 5 rings (SSSR count). The number of fused-ring (bicyclic) bond motifs is 2. The summed E-state index contributed by atoms with van der Waals surface area (Å²) in [6.07, 6.45) is 2.60. The fourth-order valence-corrected chi connectivity index (χ4v) is 4.75.